The molecular weight excluding hydrogens is 486 g/mol. The Balaban J connectivity index is 1.47. The highest BCUT2D eigenvalue weighted by Crippen LogP contribution is 2.74. The standard InChI is InChI=1S/C34H45NO4/c1-20-22-8-9-32(5)26(31(22,4)17-24(35-7)29(20)38)15-25(36)28-23-16-30(2,3)10-12-34(23,13-11-33(28,32)6)27(37)14-21-18-39-19-21/h15,17,20-23,28H,8-14,16,18-19H2,1-6H3/t20-,22-,23-,28-,31-,32+,33+,34-/m0/s1. The third-order valence-corrected chi connectivity index (χ3v) is 13.2. The number of ketones is 3. The van der Waals surface area contributed by atoms with Gasteiger partial charge in [0.25, 0.3) is 0 Å². The predicted molar refractivity (Wildman–Crippen MR) is 149 cm³/mol. The Morgan fingerprint density at radius 3 is 2.36 bits per heavy atom. The van der Waals surface area contributed by atoms with Crippen LogP contribution in [0.4, 0.5) is 0 Å². The summed E-state index contributed by atoms with van der Waals surface area (Å²) in [5.41, 5.74) is 0.0954. The molecule has 5 nitrogen and oxygen atoms in total. The number of rotatable bonds is 3. The molecule has 1 heterocycles. The summed E-state index contributed by atoms with van der Waals surface area (Å²) < 4.78 is 5.41. The Morgan fingerprint density at radius 1 is 1.03 bits per heavy atom. The van der Waals surface area contributed by atoms with Crippen LogP contribution in [0, 0.1) is 63.2 Å². The minimum Gasteiger partial charge on any atom is -0.381 e. The van der Waals surface area contributed by atoms with Gasteiger partial charge in [0.1, 0.15) is 5.78 Å². The normalized spacial score (nSPS) is 46.8. The minimum atomic E-state index is -0.482. The van der Waals surface area contributed by atoms with Crippen molar-refractivity contribution in [2.24, 2.45) is 56.7 Å². The molecule has 5 heteroatoms. The van der Waals surface area contributed by atoms with Crippen LogP contribution in [0.5, 0.6) is 0 Å². The average molecular weight is 532 g/mol. The molecule has 0 amide bonds. The topological polar surface area (TPSA) is 64.8 Å². The highest BCUT2D eigenvalue weighted by Gasteiger charge is 2.69. The van der Waals surface area contributed by atoms with E-state index in [2.05, 4.69) is 39.5 Å². The van der Waals surface area contributed by atoms with Gasteiger partial charge in [-0.05, 0) is 79.1 Å². The Labute approximate surface area is 234 Å². The van der Waals surface area contributed by atoms with Gasteiger partial charge >= 0.3 is 0 Å². The van der Waals surface area contributed by atoms with E-state index < -0.39 is 10.8 Å². The zero-order valence-electron chi connectivity index (χ0n) is 24.7. The van der Waals surface area contributed by atoms with Gasteiger partial charge in [-0.3, -0.25) is 9.59 Å². The molecule has 5 aliphatic carbocycles. The van der Waals surface area contributed by atoms with Crippen LogP contribution in [0.2, 0.25) is 0 Å². The summed E-state index contributed by atoms with van der Waals surface area (Å²) in [5, 5.41) is 0. The van der Waals surface area contributed by atoms with E-state index in [9.17, 15) is 14.4 Å². The average Bonchev–Trinajstić information content (AvgIpc) is 2.84. The number of carbonyl (C=O) groups excluding carboxylic acids is 3. The van der Waals surface area contributed by atoms with Crippen LogP contribution in [0.3, 0.4) is 0 Å². The number of nitrogens with zero attached hydrogens (tertiary/aromatic N) is 1. The summed E-state index contributed by atoms with van der Waals surface area (Å²) in [5.74, 6) is 0.607. The van der Waals surface area contributed by atoms with Gasteiger partial charge in [-0.1, -0.05) is 53.2 Å². The van der Waals surface area contributed by atoms with Crippen molar-refractivity contribution in [3.8, 4) is 0 Å². The van der Waals surface area contributed by atoms with Gasteiger partial charge in [0, 0.05) is 35.0 Å². The second-order valence-electron chi connectivity index (χ2n) is 15.6. The van der Waals surface area contributed by atoms with Crippen molar-refractivity contribution in [2.75, 3.05) is 13.2 Å². The van der Waals surface area contributed by atoms with E-state index in [1.54, 1.807) is 0 Å². The second-order valence-corrected chi connectivity index (χ2v) is 15.6. The third-order valence-electron chi connectivity index (χ3n) is 13.2. The van der Waals surface area contributed by atoms with Crippen molar-refractivity contribution in [3.63, 3.8) is 0 Å². The Morgan fingerprint density at radius 2 is 1.72 bits per heavy atom. The number of hydrogen-bond acceptors (Lipinski definition) is 4. The van der Waals surface area contributed by atoms with Gasteiger partial charge in [0.05, 0.1) is 19.8 Å². The smallest absolute Gasteiger partial charge is 0.226 e. The van der Waals surface area contributed by atoms with Gasteiger partial charge in [0.15, 0.2) is 11.6 Å². The molecule has 1 saturated heterocycles. The molecule has 0 spiro atoms. The number of hydrogen-bond donors (Lipinski definition) is 0. The van der Waals surface area contributed by atoms with Gasteiger partial charge in [0.2, 0.25) is 5.70 Å². The first-order chi connectivity index (χ1) is 18.2. The van der Waals surface area contributed by atoms with Crippen molar-refractivity contribution < 1.29 is 19.1 Å². The molecule has 6 rings (SSSR count). The van der Waals surface area contributed by atoms with Crippen LogP contribution in [-0.2, 0) is 19.1 Å². The molecule has 3 saturated carbocycles. The highest BCUT2D eigenvalue weighted by atomic mass is 16.5. The largest absolute Gasteiger partial charge is 0.381 e. The molecule has 8 atom stereocenters. The molecule has 39 heavy (non-hydrogen) atoms. The molecule has 0 aromatic rings. The Bertz CT molecular complexity index is 1250. The zero-order chi connectivity index (χ0) is 28.2. The molecular formula is C34H45NO4. The summed E-state index contributed by atoms with van der Waals surface area (Å²) in [6, 6.07) is 0. The first-order valence-electron chi connectivity index (χ1n) is 15.2. The predicted octanol–water partition coefficient (Wildman–Crippen LogP) is 6.77. The van der Waals surface area contributed by atoms with Gasteiger partial charge in [-0.15, -0.1) is 0 Å². The maximum absolute atomic E-state index is 14.5. The molecule has 1 aliphatic heterocycles. The first-order valence-corrected chi connectivity index (χ1v) is 15.2. The van der Waals surface area contributed by atoms with Crippen LogP contribution in [-0.4, -0.2) is 30.6 Å². The molecule has 4 fully saturated rings. The monoisotopic (exact) mass is 531 g/mol. The van der Waals surface area contributed by atoms with Crippen molar-refractivity contribution in [3.05, 3.63) is 34.8 Å². The zero-order valence-corrected chi connectivity index (χ0v) is 24.7. The number of ether oxygens (including phenoxy) is 1. The minimum absolute atomic E-state index is 0.0508. The van der Waals surface area contributed by atoms with Gasteiger partial charge < -0.3 is 9.53 Å². The Hall–Kier alpha value is -2.06. The summed E-state index contributed by atoms with van der Waals surface area (Å²) in [4.78, 5) is 45.2. The quantitative estimate of drug-likeness (QED) is 0.377. The van der Waals surface area contributed by atoms with Gasteiger partial charge in [-0.25, -0.2) is 4.85 Å². The van der Waals surface area contributed by atoms with Crippen LogP contribution < -0.4 is 0 Å². The SMILES string of the molecule is [C-]#[N+]C1=C[C@]2(C)C3=CC(=O)[C@@H]4[C@@H]5CC(C)(C)CC[C@]5(C(=O)CC5COC5)CC[C@@]4(C)[C@]3(C)CC[C@H]2[C@H](C)C1=O. The van der Waals surface area contributed by atoms with E-state index in [0.29, 0.717) is 31.3 Å². The number of carbonyl (C=O) groups is 3. The molecule has 0 aromatic carbocycles. The maximum Gasteiger partial charge on any atom is 0.226 e. The lowest BCUT2D eigenvalue weighted by Crippen LogP contribution is -2.65. The number of Topliss-reactive ketones (excluding diaryl/α,β-unsaturated/α-hetero) is 2. The summed E-state index contributed by atoms with van der Waals surface area (Å²) >= 11 is 0. The third kappa shape index (κ3) is 3.49. The fraction of sp³-hybridized carbons (Fsp3) is 0.765. The van der Waals surface area contributed by atoms with E-state index in [-0.39, 0.29) is 57.2 Å². The van der Waals surface area contributed by atoms with Crippen LogP contribution >= 0.6 is 0 Å². The second kappa shape index (κ2) is 8.48. The number of fused-ring (bicyclic) bond motifs is 7. The van der Waals surface area contributed by atoms with E-state index in [4.69, 9.17) is 11.3 Å². The van der Waals surface area contributed by atoms with E-state index >= 15 is 0 Å². The molecule has 0 N–H and O–H groups in total. The maximum atomic E-state index is 14.5. The van der Waals surface area contributed by atoms with Crippen LogP contribution in [0.1, 0.15) is 92.9 Å². The van der Waals surface area contributed by atoms with Crippen LogP contribution in [0.25, 0.3) is 4.85 Å². The lowest BCUT2D eigenvalue weighted by molar-refractivity contribution is -0.178. The summed E-state index contributed by atoms with van der Waals surface area (Å²) in [6.07, 6.45) is 10.9. The molecule has 6 aliphatic rings. The fourth-order valence-electron chi connectivity index (χ4n) is 10.6. The van der Waals surface area contributed by atoms with Crippen molar-refractivity contribution in [2.45, 2.75) is 92.9 Å². The molecule has 0 aromatic heterocycles. The van der Waals surface area contributed by atoms with E-state index in [0.717, 1.165) is 50.5 Å². The Kier molecular flexibility index (Phi) is 5.90. The van der Waals surface area contributed by atoms with E-state index in [1.807, 2.05) is 19.1 Å². The van der Waals surface area contributed by atoms with E-state index in [1.165, 1.54) is 0 Å². The highest BCUT2D eigenvalue weighted by molar-refractivity contribution is 6.01. The summed E-state index contributed by atoms with van der Waals surface area (Å²) in [7, 11) is 0. The molecule has 210 valence electrons. The summed E-state index contributed by atoms with van der Waals surface area (Å²) in [6.45, 7) is 22.5. The molecule has 0 unspecified atom stereocenters. The van der Waals surface area contributed by atoms with Gasteiger partial charge in [-0.2, -0.15) is 0 Å². The fourth-order valence-corrected chi connectivity index (χ4v) is 10.6. The first kappa shape index (κ1) is 27.1. The lowest BCUT2D eigenvalue weighted by atomic mass is 9.34. The van der Waals surface area contributed by atoms with Crippen molar-refractivity contribution in [1.29, 1.82) is 0 Å². The number of allylic oxidation sites excluding steroid dienone is 4. The van der Waals surface area contributed by atoms with Crippen molar-refractivity contribution >= 4 is 17.3 Å². The lowest BCUT2D eigenvalue weighted by Gasteiger charge is -2.68. The van der Waals surface area contributed by atoms with Crippen molar-refractivity contribution in [1.82, 2.24) is 0 Å². The molecule has 0 radical (unpaired) electrons. The van der Waals surface area contributed by atoms with Crippen LogP contribution in [0.15, 0.2) is 23.4 Å². The molecule has 0 bridgehead atoms.